The number of hydrogen-bond donors (Lipinski definition) is 0. The third kappa shape index (κ3) is 18.1. The Morgan fingerprint density at radius 2 is 1.20 bits per heavy atom. The standard InChI is InChI=1S/K.Na.Nb.O.W. The summed E-state index contributed by atoms with van der Waals surface area (Å²) in [6, 6.07) is 0. The molecule has 5 heavy (non-hydrogen) atoms. The maximum atomic E-state index is 8.33. The minimum absolute atomic E-state index is 0. The molecule has 0 atom stereocenters. The Balaban J connectivity index is -0.00000000167. The van der Waals surface area contributed by atoms with Crippen LogP contribution in [0.25, 0.3) is 0 Å². The fourth-order valence-electron chi connectivity index (χ4n) is 0. The van der Waals surface area contributed by atoms with Crippen LogP contribution in [0.5, 0.6) is 0 Å². The summed E-state index contributed by atoms with van der Waals surface area (Å²) >= 11 is 0.333. The first-order chi connectivity index (χ1) is 1.00. The Hall–Kier alpha value is 3.86. The van der Waals surface area contributed by atoms with Gasteiger partial charge in [0.15, 0.2) is 0 Å². The predicted molar refractivity (Wildman–Crippen MR) is 12.2 cm³/mol. The third-order valence-corrected chi connectivity index (χ3v) is 0. The predicted octanol–water partition coefficient (Wildman–Crippen LogP) is -0.885. The average Bonchev–Trinajstić information content (AvgIpc) is 1.00. The Kier molecular flexibility index (Phi) is 115. The quantitative estimate of drug-likeness (QED) is 0.516. The van der Waals surface area contributed by atoms with Crippen molar-refractivity contribution in [3.8, 4) is 0 Å². The first-order valence-electron chi connectivity index (χ1n) is 0.167. The maximum absolute atomic E-state index is 8.33. The van der Waals surface area contributed by atoms with Gasteiger partial charge in [-0.05, 0) is 0 Å². The van der Waals surface area contributed by atoms with E-state index in [1.54, 1.807) is 0 Å². The van der Waals surface area contributed by atoms with Crippen molar-refractivity contribution < 1.29 is 45.6 Å². The van der Waals surface area contributed by atoms with Gasteiger partial charge in [0.2, 0.25) is 0 Å². The van der Waals surface area contributed by atoms with Gasteiger partial charge in [0.05, 0.1) is 0 Å². The molecule has 0 heterocycles. The average molecular weight is 355 g/mol. The molecule has 0 aliphatic rings. The van der Waals surface area contributed by atoms with Gasteiger partial charge < -0.3 is 0 Å². The fraction of sp³-hybridized carbons (Fsp3) is 0. The van der Waals surface area contributed by atoms with E-state index in [2.05, 4.69) is 0 Å². The second kappa shape index (κ2) is 24.8. The van der Waals surface area contributed by atoms with Crippen LogP contribution in [0, 0.1) is 0 Å². The SMILES string of the molecule is [K].[Na].[Nb].[O]=[W]. The Morgan fingerprint density at radius 1 is 1.20 bits per heavy atom. The summed E-state index contributed by atoms with van der Waals surface area (Å²) in [4.78, 5) is 0. The molecule has 19 valence electrons. The molecule has 0 bridgehead atoms. The zero-order valence-electron chi connectivity index (χ0n) is 3.26. The van der Waals surface area contributed by atoms with E-state index in [0.717, 1.165) is 0 Å². The molecule has 0 aliphatic carbocycles. The van der Waals surface area contributed by atoms with Crippen LogP contribution in [-0.2, 0) is 45.6 Å². The second-order valence-corrected chi connectivity index (χ2v) is 0. The molecule has 0 fully saturated rings. The third-order valence-electron chi connectivity index (χ3n) is 0. The van der Waals surface area contributed by atoms with Crippen LogP contribution in [0.15, 0.2) is 0 Å². The van der Waals surface area contributed by atoms with Gasteiger partial charge in [-0.15, -0.1) is 0 Å². The fourth-order valence-corrected chi connectivity index (χ4v) is 0. The van der Waals surface area contributed by atoms with Crippen LogP contribution in [0.3, 0.4) is 0 Å². The molecule has 0 aromatic heterocycles. The summed E-state index contributed by atoms with van der Waals surface area (Å²) in [6.45, 7) is 0. The summed E-state index contributed by atoms with van der Waals surface area (Å²) in [5.41, 5.74) is 0. The molecule has 0 unspecified atom stereocenters. The van der Waals surface area contributed by atoms with Crippen molar-refractivity contribution >= 4 is 80.9 Å². The monoisotopic (exact) mass is 355 g/mol. The molecule has 5 heteroatoms. The topological polar surface area (TPSA) is 17.1 Å². The first kappa shape index (κ1) is 23.2. The van der Waals surface area contributed by atoms with Crippen molar-refractivity contribution in [3.05, 3.63) is 0 Å². The van der Waals surface area contributed by atoms with E-state index in [1.807, 2.05) is 0 Å². The van der Waals surface area contributed by atoms with Gasteiger partial charge in [0.25, 0.3) is 0 Å². The van der Waals surface area contributed by atoms with Gasteiger partial charge in [0, 0.05) is 103 Å². The van der Waals surface area contributed by atoms with Crippen molar-refractivity contribution in [3.63, 3.8) is 0 Å². The summed E-state index contributed by atoms with van der Waals surface area (Å²) in [7, 11) is 0. The molecule has 0 aromatic carbocycles. The van der Waals surface area contributed by atoms with Gasteiger partial charge in [-0.1, -0.05) is 0 Å². The van der Waals surface area contributed by atoms with E-state index >= 15 is 0 Å². The van der Waals surface area contributed by atoms with E-state index in [4.69, 9.17) is 3.40 Å². The number of hydrogen-bond acceptors (Lipinski definition) is 1. The van der Waals surface area contributed by atoms with Gasteiger partial charge >= 0.3 is 23.2 Å². The van der Waals surface area contributed by atoms with Gasteiger partial charge in [-0.2, -0.15) is 0 Å². The van der Waals surface area contributed by atoms with Crippen LogP contribution in [0.1, 0.15) is 0 Å². The van der Waals surface area contributed by atoms with Crippen molar-refractivity contribution in [2.45, 2.75) is 0 Å². The molecule has 0 spiro atoms. The van der Waals surface area contributed by atoms with E-state index in [1.165, 1.54) is 0 Å². The second-order valence-electron chi connectivity index (χ2n) is 0. The molecular formula is KNaNbOW. The Morgan fingerprint density at radius 3 is 1.20 bits per heavy atom. The molecule has 0 N–H and O–H groups in total. The summed E-state index contributed by atoms with van der Waals surface area (Å²) in [5, 5.41) is 0. The van der Waals surface area contributed by atoms with Crippen molar-refractivity contribution in [1.29, 1.82) is 0 Å². The van der Waals surface area contributed by atoms with E-state index in [0.29, 0.717) is 19.8 Å². The van der Waals surface area contributed by atoms with Gasteiger partial charge in [0.1, 0.15) is 0 Å². The number of rotatable bonds is 0. The molecule has 3 radical (unpaired) electrons. The molecule has 0 saturated carbocycles. The van der Waals surface area contributed by atoms with Crippen molar-refractivity contribution in [2.75, 3.05) is 0 Å². The van der Waals surface area contributed by atoms with Crippen LogP contribution < -0.4 is 0 Å². The van der Waals surface area contributed by atoms with Crippen LogP contribution >= 0.6 is 0 Å². The molecule has 1 nitrogen and oxygen atoms in total. The normalized spacial score (nSPS) is 0.800. The van der Waals surface area contributed by atoms with Crippen molar-refractivity contribution in [1.82, 2.24) is 0 Å². The zero-order valence-corrected chi connectivity index (χ0v) is 13.5. The summed E-state index contributed by atoms with van der Waals surface area (Å²) in [5.74, 6) is 0. The van der Waals surface area contributed by atoms with Gasteiger partial charge in [-0.25, -0.2) is 0 Å². The van der Waals surface area contributed by atoms with Gasteiger partial charge in [-0.3, -0.25) is 0 Å². The van der Waals surface area contributed by atoms with Crippen LogP contribution in [0.4, 0.5) is 0 Å². The zero-order chi connectivity index (χ0) is 2.00. The van der Waals surface area contributed by atoms with Crippen LogP contribution in [-0.4, -0.2) is 80.9 Å². The Bertz CT molecular complexity index is 11.6. The summed E-state index contributed by atoms with van der Waals surface area (Å²) < 4.78 is 8.33. The Labute approximate surface area is 123 Å². The molecule has 0 saturated heterocycles. The molecule has 0 rings (SSSR count). The van der Waals surface area contributed by atoms with Crippen molar-refractivity contribution in [2.24, 2.45) is 0 Å². The molecule has 0 amide bonds. The van der Waals surface area contributed by atoms with Crippen LogP contribution in [0.2, 0.25) is 0 Å². The first-order valence-corrected chi connectivity index (χ1v) is 1.36. The minimum atomic E-state index is 0. The van der Waals surface area contributed by atoms with E-state index in [-0.39, 0.29) is 103 Å². The van der Waals surface area contributed by atoms with E-state index < -0.39 is 0 Å². The summed E-state index contributed by atoms with van der Waals surface area (Å²) in [6.07, 6.45) is 0. The molecule has 0 aliphatic heterocycles. The van der Waals surface area contributed by atoms with E-state index in [9.17, 15) is 0 Å². The molecule has 0 aromatic rings. The molecular weight excluding hydrogens is 355 g/mol.